The Labute approximate surface area is 94.6 Å². The Morgan fingerprint density at radius 2 is 1.67 bits per heavy atom. The highest BCUT2D eigenvalue weighted by molar-refractivity contribution is 5.10. The summed E-state index contributed by atoms with van der Waals surface area (Å²) in [5.74, 6) is 0. The minimum absolute atomic E-state index is 0.397. The van der Waals surface area contributed by atoms with E-state index < -0.39 is 0 Å². The number of likely N-dealkylation sites (tertiary alicyclic amines) is 2. The zero-order valence-corrected chi connectivity index (χ0v) is 11.0. The number of likely N-dealkylation sites (N-methyl/N-ethyl adjacent to an activating group) is 1. The third kappa shape index (κ3) is 1.53. The number of hydrogen-bond acceptors (Lipinski definition) is 2. The second-order valence-electron chi connectivity index (χ2n) is 6.36. The van der Waals surface area contributed by atoms with Gasteiger partial charge in [0.05, 0.1) is 0 Å². The van der Waals surface area contributed by atoms with Gasteiger partial charge in [0.15, 0.2) is 0 Å². The van der Waals surface area contributed by atoms with E-state index in [1.807, 2.05) is 0 Å². The van der Waals surface area contributed by atoms with E-state index in [1.54, 1.807) is 0 Å². The predicted molar refractivity (Wildman–Crippen MR) is 65.1 cm³/mol. The monoisotopic (exact) mass is 210 g/mol. The van der Waals surface area contributed by atoms with Gasteiger partial charge in [-0.3, -0.25) is 4.90 Å². The van der Waals surface area contributed by atoms with Crippen molar-refractivity contribution >= 4 is 0 Å². The molecule has 2 nitrogen and oxygen atoms in total. The van der Waals surface area contributed by atoms with E-state index in [2.05, 4.69) is 44.5 Å². The first-order chi connectivity index (χ1) is 6.89. The molecule has 2 heterocycles. The quantitative estimate of drug-likeness (QED) is 0.654. The van der Waals surface area contributed by atoms with Gasteiger partial charge >= 0.3 is 0 Å². The zero-order valence-electron chi connectivity index (χ0n) is 11.0. The maximum atomic E-state index is 2.72. The fourth-order valence-corrected chi connectivity index (χ4v) is 3.78. The van der Waals surface area contributed by atoms with Crippen molar-refractivity contribution in [3.8, 4) is 0 Å². The molecule has 0 aromatic carbocycles. The average Bonchev–Trinajstić information content (AvgIpc) is 2.38. The highest BCUT2D eigenvalue weighted by Crippen LogP contribution is 2.51. The van der Waals surface area contributed by atoms with Crippen LogP contribution in [-0.4, -0.2) is 48.1 Å². The maximum Gasteiger partial charge on any atom is 0.0365 e. The molecule has 15 heavy (non-hydrogen) atoms. The molecule has 0 bridgehead atoms. The molecule has 0 aromatic heterocycles. The number of piperidine rings is 1. The second-order valence-corrected chi connectivity index (χ2v) is 6.36. The van der Waals surface area contributed by atoms with E-state index in [1.165, 1.54) is 32.5 Å². The Morgan fingerprint density at radius 1 is 1.07 bits per heavy atom. The van der Waals surface area contributed by atoms with E-state index in [0.717, 1.165) is 0 Å². The largest absolute Gasteiger partial charge is 0.304 e. The molecule has 0 spiro atoms. The van der Waals surface area contributed by atoms with Crippen LogP contribution in [0.1, 0.15) is 40.5 Å². The van der Waals surface area contributed by atoms with Crippen LogP contribution in [0.15, 0.2) is 0 Å². The topological polar surface area (TPSA) is 6.48 Å². The molecule has 0 aliphatic carbocycles. The molecule has 2 heteroatoms. The second kappa shape index (κ2) is 3.46. The van der Waals surface area contributed by atoms with Gasteiger partial charge in [0, 0.05) is 18.1 Å². The van der Waals surface area contributed by atoms with Crippen molar-refractivity contribution in [2.75, 3.05) is 26.7 Å². The van der Waals surface area contributed by atoms with Gasteiger partial charge in [0.2, 0.25) is 0 Å². The lowest BCUT2D eigenvalue weighted by Gasteiger charge is -2.53. The van der Waals surface area contributed by atoms with Crippen molar-refractivity contribution in [3.05, 3.63) is 0 Å². The van der Waals surface area contributed by atoms with Gasteiger partial charge in [-0.2, -0.15) is 0 Å². The molecule has 2 fully saturated rings. The minimum atomic E-state index is 0.397. The van der Waals surface area contributed by atoms with Crippen LogP contribution in [0.3, 0.4) is 0 Å². The van der Waals surface area contributed by atoms with E-state index in [4.69, 9.17) is 0 Å². The lowest BCUT2D eigenvalue weighted by atomic mass is 9.67. The molecule has 88 valence electrons. The molecule has 2 rings (SSSR count). The average molecular weight is 210 g/mol. The van der Waals surface area contributed by atoms with Gasteiger partial charge in [-0.25, -0.2) is 0 Å². The molecule has 0 radical (unpaired) electrons. The van der Waals surface area contributed by atoms with Gasteiger partial charge in [-0.05, 0) is 59.2 Å². The standard InChI is InChI=1S/C13H26N2/c1-11(2)15-9-7-12(3)6-8-14(5)10-13(12,15)4/h11H,6-10H2,1-5H3/t12-,13-/m0/s1. The molecule has 2 atom stereocenters. The summed E-state index contributed by atoms with van der Waals surface area (Å²) in [6, 6.07) is 0.684. The molecule has 0 unspecified atom stereocenters. The molecular formula is C13H26N2. The number of rotatable bonds is 1. The first kappa shape index (κ1) is 11.4. The number of hydrogen-bond donors (Lipinski definition) is 0. The van der Waals surface area contributed by atoms with Gasteiger partial charge in [0.25, 0.3) is 0 Å². The maximum absolute atomic E-state index is 2.72. The Morgan fingerprint density at radius 3 is 2.27 bits per heavy atom. The van der Waals surface area contributed by atoms with Crippen molar-refractivity contribution < 1.29 is 0 Å². The van der Waals surface area contributed by atoms with Crippen molar-refractivity contribution in [2.24, 2.45) is 5.41 Å². The van der Waals surface area contributed by atoms with Crippen molar-refractivity contribution in [1.29, 1.82) is 0 Å². The summed E-state index contributed by atoms with van der Waals surface area (Å²) < 4.78 is 0. The van der Waals surface area contributed by atoms with Crippen LogP contribution in [0.4, 0.5) is 0 Å². The van der Waals surface area contributed by atoms with Crippen molar-refractivity contribution in [2.45, 2.75) is 52.1 Å². The summed E-state index contributed by atoms with van der Waals surface area (Å²) >= 11 is 0. The molecule has 0 aromatic rings. The number of fused-ring (bicyclic) bond motifs is 1. The summed E-state index contributed by atoms with van der Waals surface area (Å²) in [5.41, 5.74) is 0.942. The summed E-state index contributed by atoms with van der Waals surface area (Å²) in [7, 11) is 2.27. The smallest absolute Gasteiger partial charge is 0.0365 e. The highest BCUT2D eigenvalue weighted by Gasteiger charge is 2.55. The normalized spacial score (nSPS) is 43.6. The fourth-order valence-electron chi connectivity index (χ4n) is 3.78. The molecular weight excluding hydrogens is 184 g/mol. The summed E-state index contributed by atoms with van der Waals surface area (Å²) in [6.07, 6.45) is 2.75. The van der Waals surface area contributed by atoms with E-state index in [9.17, 15) is 0 Å². The number of nitrogens with zero attached hydrogens (tertiary/aromatic N) is 2. The summed E-state index contributed by atoms with van der Waals surface area (Å²) in [5, 5.41) is 0. The van der Waals surface area contributed by atoms with Crippen molar-refractivity contribution in [1.82, 2.24) is 9.80 Å². The van der Waals surface area contributed by atoms with Gasteiger partial charge in [0.1, 0.15) is 0 Å². The van der Waals surface area contributed by atoms with Gasteiger partial charge < -0.3 is 4.90 Å². The van der Waals surface area contributed by atoms with Gasteiger partial charge in [-0.15, -0.1) is 0 Å². The van der Waals surface area contributed by atoms with Crippen LogP contribution in [0, 0.1) is 5.41 Å². The lowest BCUT2D eigenvalue weighted by Crippen LogP contribution is -2.62. The first-order valence-corrected chi connectivity index (χ1v) is 6.34. The van der Waals surface area contributed by atoms with E-state index in [0.29, 0.717) is 17.0 Å². The molecule has 2 saturated heterocycles. The molecule has 0 N–H and O–H groups in total. The first-order valence-electron chi connectivity index (χ1n) is 6.34. The van der Waals surface area contributed by atoms with Gasteiger partial charge in [-0.1, -0.05) is 6.92 Å². The van der Waals surface area contributed by atoms with Crippen molar-refractivity contribution in [3.63, 3.8) is 0 Å². The molecule has 2 aliphatic heterocycles. The van der Waals surface area contributed by atoms with Crippen LogP contribution in [-0.2, 0) is 0 Å². The fraction of sp³-hybridized carbons (Fsp3) is 1.00. The lowest BCUT2D eigenvalue weighted by molar-refractivity contribution is -0.0260. The third-order valence-electron chi connectivity index (χ3n) is 5.09. The molecule has 0 saturated carbocycles. The minimum Gasteiger partial charge on any atom is -0.304 e. The van der Waals surface area contributed by atoms with Crippen LogP contribution in [0.2, 0.25) is 0 Å². The van der Waals surface area contributed by atoms with Crippen LogP contribution >= 0.6 is 0 Å². The summed E-state index contributed by atoms with van der Waals surface area (Å²) in [4.78, 5) is 5.23. The molecule has 2 aliphatic rings. The van der Waals surface area contributed by atoms with Crippen LogP contribution in [0.5, 0.6) is 0 Å². The van der Waals surface area contributed by atoms with E-state index >= 15 is 0 Å². The Balaban J connectivity index is 2.29. The highest BCUT2D eigenvalue weighted by atomic mass is 15.3. The molecule has 0 amide bonds. The van der Waals surface area contributed by atoms with Crippen LogP contribution in [0.25, 0.3) is 0 Å². The van der Waals surface area contributed by atoms with Crippen LogP contribution < -0.4 is 0 Å². The van der Waals surface area contributed by atoms with E-state index in [-0.39, 0.29) is 0 Å². The SMILES string of the molecule is CC(C)N1CC[C@]2(C)CCN(C)C[C@]12C. The zero-order chi connectivity index (χ0) is 11.3. The Bertz CT molecular complexity index is 251. The summed E-state index contributed by atoms with van der Waals surface area (Å²) in [6.45, 7) is 13.5. The third-order valence-corrected chi connectivity index (χ3v) is 5.09. The Kier molecular flexibility index (Phi) is 2.63. The predicted octanol–water partition coefficient (Wildman–Crippen LogP) is 2.20. The Hall–Kier alpha value is -0.0800.